The van der Waals surface area contributed by atoms with E-state index >= 15 is 0 Å². The van der Waals surface area contributed by atoms with Gasteiger partial charge in [0.2, 0.25) is 0 Å². The molecule has 1 aliphatic heterocycles. The van der Waals surface area contributed by atoms with Gasteiger partial charge in [0.1, 0.15) is 0 Å². The van der Waals surface area contributed by atoms with Crippen LogP contribution in [0.2, 0.25) is 0 Å². The highest BCUT2D eigenvalue weighted by molar-refractivity contribution is 5.99. The SMILES string of the molecule is CC(C)(C)c1ccc2c(c1)C13c4ccccc4-c4ccc(cc41)N(c1ccc4c(c1)C(C)(C)c1ccccc1-4)c1cc(ccc1-c1ccccc1)-c1ccccc1C(C)(C)c1ccc-2c3c1. The second-order valence-electron chi connectivity index (χ2n) is 21.3. The summed E-state index contributed by atoms with van der Waals surface area (Å²) in [6, 6.07) is 75.0. The van der Waals surface area contributed by atoms with E-state index in [0.717, 1.165) is 17.1 Å². The van der Waals surface area contributed by atoms with Gasteiger partial charge in [-0.25, -0.2) is 0 Å². The van der Waals surface area contributed by atoms with E-state index in [1.54, 1.807) is 0 Å². The van der Waals surface area contributed by atoms with Crippen molar-refractivity contribution in [1.29, 1.82) is 0 Å². The fourth-order valence-corrected chi connectivity index (χ4v) is 12.6. The van der Waals surface area contributed by atoms with E-state index in [4.69, 9.17) is 0 Å². The molecule has 1 heterocycles. The van der Waals surface area contributed by atoms with Crippen LogP contribution in [-0.4, -0.2) is 0 Å². The van der Waals surface area contributed by atoms with Crippen molar-refractivity contribution >= 4 is 17.1 Å². The van der Waals surface area contributed by atoms with Gasteiger partial charge in [-0.1, -0.05) is 212 Å². The standard InChI is InChI=1S/C65H53N/c1-62(2,3)42-26-31-51-52-32-27-43-37-59(52)65(58(51)36-42)56-24-16-13-21-49(56)53-34-29-45(39-60(53)65)66(44-28-33-50-48-20-12-15-23-55(48)64(6,7)57(50)38-44)61-35-41(25-30-47(61)40-17-9-8-10-18-40)46-19-11-14-22-54(46)63(43,4)5/h8-39H,1-7H3. The van der Waals surface area contributed by atoms with Gasteiger partial charge in [-0.15, -0.1) is 0 Å². The molecule has 1 atom stereocenters. The Bertz CT molecular complexity index is 3520. The maximum Gasteiger partial charge on any atom is 0.0726 e. The monoisotopic (exact) mass is 847 g/mol. The lowest BCUT2D eigenvalue weighted by Crippen LogP contribution is -2.28. The lowest BCUT2D eigenvalue weighted by atomic mass is 9.68. The van der Waals surface area contributed by atoms with Crippen LogP contribution in [0.3, 0.4) is 0 Å². The zero-order valence-electron chi connectivity index (χ0n) is 38.9. The van der Waals surface area contributed by atoms with Crippen LogP contribution >= 0.6 is 0 Å². The van der Waals surface area contributed by atoms with Gasteiger partial charge in [0, 0.05) is 27.8 Å². The minimum atomic E-state index is -0.541. The van der Waals surface area contributed by atoms with Crippen molar-refractivity contribution in [2.24, 2.45) is 0 Å². The smallest absolute Gasteiger partial charge is 0.0726 e. The molecule has 9 aromatic carbocycles. The second-order valence-corrected chi connectivity index (χ2v) is 21.3. The summed E-state index contributed by atoms with van der Waals surface area (Å²) < 4.78 is 0. The predicted octanol–water partition coefficient (Wildman–Crippen LogP) is 17.1. The normalized spacial score (nSPS) is 17.3. The molecule has 0 amide bonds. The Morgan fingerprint density at radius 1 is 0.333 bits per heavy atom. The molecule has 318 valence electrons. The number of nitrogens with zero attached hydrogens (tertiary/aromatic N) is 1. The molecule has 1 spiro atoms. The van der Waals surface area contributed by atoms with Gasteiger partial charge in [0.15, 0.2) is 0 Å². The Morgan fingerprint density at radius 2 is 0.818 bits per heavy atom. The van der Waals surface area contributed by atoms with E-state index in [1.165, 1.54) is 106 Å². The van der Waals surface area contributed by atoms with Crippen molar-refractivity contribution in [3.8, 4) is 55.6 Å². The van der Waals surface area contributed by atoms with Crippen LogP contribution in [0, 0.1) is 0 Å². The van der Waals surface area contributed by atoms with Gasteiger partial charge in [0.05, 0.1) is 11.1 Å². The Hall–Kier alpha value is -7.22. The zero-order valence-corrected chi connectivity index (χ0v) is 38.9. The van der Waals surface area contributed by atoms with Gasteiger partial charge in [-0.2, -0.15) is 0 Å². The van der Waals surface area contributed by atoms with Crippen LogP contribution < -0.4 is 4.90 Å². The number of hydrogen-bond acceptors (Lipinski definition) is 1. The fraction of sp³-hybridized carbons (Fsp3) is 0.169. The lowest BCUT2D eigenvalue weighted by Gasteiger charge is -2.36. The molecule has 0 N–H and O–H groups in total. The van der Waals surface area contributed by atoms with Gasteiger partial charge < -0.3 is 4.90 Å². The van der Waals surface area contributed by atoms with Gasteiger partial charge in [0.25, 0.3) is 0 Å². The third-order valence-electron chi connectivity index (χ3n) is 16.1. The predicted molar refractivity (Wildman–Crippen MR) is 277 cm³/mol. The Labute approximate surface area is 390 Å². The molecule has 66 heavy (non-hydrogen) atoms. The number of rotatable bonds is 2. The molecule has 0 aromatic heterocycles. The van der Waals surface area contributed by atoms with Gasteiger partial charge in [-0.05, 0) is 136 Å². The lowest BCUT2D eigenvalue weighted by molar-refractivity contribution is 0.588. The Balaban J connectivity index is 1.19. The van der Waals surface area contributed by atoms with Crippen LogP contribution in [-0.2, 0) is 21.7 Å². The van der Waals surface area contributed by atoms with E-state index in [1.807, 2.05) is 0 Å². The van der Waals surface area contributed by atoms with E-state index in [0.29, 0.717) is 0 Å². The van der Waals surface area contributed by atoms with Crippen LogP contribution in [0.25, 0.3) is 55.6 Å². The summed E-state index contributed by atoms with van der Waals surface area (Å²) in [4.78, 5) is 2.58. The van der Waals surface area contributed by atoms with Gasteiger partial charge in [-0.3, -0.25) is 0 Å². The van der Waals surface area contributed by atoms with Gasteiger partial charge >= 0.3 is 0 Å². The molecular formula is C65H53N. The summed E-state index contributed by atoms with van der Waals surface area (Å²) in [5, 5.41) is 0. The number of fused-ring (bicyclic) bond motifs is 13. The first-order valence-corrected chi connectivity index (χ1v) is 23.8. The minimum Gasteiger partial charge on any atom is -0.310 e. The summed E-state index contributed by atoms with van der Waals surface area (Å²) in [5.74, 6) is 0. The van der Waals surface area contributed by atoms with Crippen LogP contribution in [0.5, 0.6) is 0 Å². The van der Waals surface area contributed by atoms with E-state index < -0.39 is 5.41 Å². The Kier molecular flexibility index (Phi) is 7.97. The van der Waals surface area contributed by atoms with E-state index in [-0.39, 0.29) is 16.2 Å². The van der Waals surface area contributed by atoms with Crippen LogP contribution in [0.1, 0.15) is 98.5 Å². The third-order valence-corrected chi connectivity index (χ3v) is 16.1. The summed E-state index contributed by atoms with van der Waals surface area (Å²) >= 11 is 0. The molecule has 0 saturated carbocycles. The van der Waals surface area contributed by atoms with Crippen molar-refractivity contribution in [2.45, 2.75) is 70.1 Å². The van der Waals surface area contributed by atoms with E-state index in [9.17, 15) is 0 Å². The first-order chi connectivity index (χ1) is 31.9. The second kappa shape index (κ2) is 13.4. The Morgan fingerprint density at radius 3 is 1.50 bits per heavy atom. The fourth-order valence-electron chi connectivity index (χ4n) is 12.6. The first kappa shape index (κ1) is 39.2. The summed E-state index contributed by atoms with van der Waals surface area (Å²) in [6.45, 7) is 16.7. The van der Waals surface area contributed by atoms with Crippen molar-refractivity contribution in [3.63, 3.8) is 0 Å². The average Bonchev–Trinajstić information content (AvgIpc) is 3.89. The highest BCUT2D eigenvalue weighted by Crippen LogP contribution is 2.65. The minimum absolute atomic E-state index is 0.0294. The molecular weight excluding hydrogens is 795 g/mol. The highest BCUT2D eigenvalue weighted by Gasteiger charge is 2.53. The molecule has 6 bridgehead atoms. The third kappa shape index (κ3) is 5.17. The first-order valence-electron chi connectivity index (χ1n) is 23.8. The molecule has 4 aliphatic rings. The molecule has 1 heteroatoms. The molecule has 0 saturated heterocycles. The molecule has 0 radical (unpaired) electrons. The number of benzene rings is 9. The highest BCUT2D eigenvalue weighted by atomic mass is 15.1. The van der Waals surface area contributed by atoms with E-state index in [2.05, 4.69) is 247 Å². The topological polar surface area (TPSA) is 3.24 Å². The number of anilines is 3. The zero-order chi connectivity index (χ0) is 44.9. The van der Waals surface area contributed by atoms with Crippen molar-refractivity contribution in [3.05, 3.63) is 244 Å². The van der Waals surface area contributed by atoms with Crippen LogP contribution in [0.15, 0.2) is 194 Å². The number of hydrogen-bond donors (Lipinski definition) is 0. The molecule has 1 unspecified atom stereocenters. The largest absolute Gasteiger partial charge is 0.310 e. The molecule has 0 fully saturated rings. The van der Waals surface area contributed by atoms with Crippen molar-refractivity contribution in [2.75, 3.05) is 4.90 Å². The summed E-state index contributed by atoms with van der Waals surface area (Å²) in [5.41, 5.74) is 27.3. The van der Waals surface area contributed by atoms with Crippen LogP contribution in [0.4, 0.5) is 17.1 Å². The molecule has 13 rings (SSSR count). The molecule has 1 nitrogen and oxygen atoms in total. The maximum atomic E-state index is 2.59. The quantitative estimate of drug-likeness (QED) is 0.168. The maximum absolute atomic E-state index is 2.59. The molecule has 3 aliphatic carbocycles. The average molecular weight is 848 g/mol. The van der Waals surface area contributed by atoms with Crippen molar-refractivity contribution in [1.82, 2.24) is 0 Å². The molecule has 9 aromatic rings. The summed E-state index contributed by atoms with van der Waals surface area (Å²) in [7, 11) is 0. The van der Waals surface area contributed by atoms with Crippen molar-refractivity contribution < 1.29 is 0 Å². The summed E-state index contributed by atoms with van der Waals surface area (Å²) in [6.07, 6.45) is 0.